The summed E-state index contributed by atoms with van der Waals surface area (Å²) in [4.78, 5) is 10.2. The van der Waals surface area contributed by atoms with Crippen molar-refractivity contribution in [3.05, 3.63) is 58.5 Å². The quantitative estimate of drug-likeness (QED) is 0.584. The van der Waals surface area contributed by atoms with Gasteiger partial charge in [-0.15, -0.1) is 11.3 Å². The monoisotopic (exact) mass is 420 g/mol. The lowest BCUT2D eigenvalue weighted by Gasteiger charge is -2.19. The maximum Gasteiger partial charge on any atom is 0.206 e. The number of rotatable bonds is 4. The Kier molecular flexibility index (Phi) is 5.61. The van der Waals surface area contributed by atoms with Gasteiger partial charge in [-0.1, -0.05) is 25.3 Å². The van der Waals surface area contributed by atoms with Gasteiger partial charge in [0.2, 0.25) is 4.80 Å². The number of aromatic nitrogens is 2. The predicted molar refractivity (Wildman–Crippen MR) is 118 cm³/mol. The second-order valence-electron chi connectivity index (χ2n) is 7.53. The van der Waals surface area contributed by atoms with Crippen molar-refractivity contribution >= 4 is 17.6 Å². The molecule has 30 heavy (non-hydrogen) atoms. The summed E-state index contributed by atoms with van der Waals surface area (Å²) in [7, 11) is 0. The first-order valence-electron chi connectivity index (χ1n) is 10.5. The maximum atomic E-state index is 5.78. The van der Waals surface area contributed by atoms with Crippen LogP contribution in [0.5, 0.6) is 11.5 Å². The van der Waals surface area contributed by atoms with Crippen LogP contribution in [-0.4, -0.2) is 35.1 Å². The Morgan fingerprint density at radius 3 is 2.77 bits per heavy atom. The van der Waals surface area contributed by atoms with Crippen LogP contribution in [0.1, 0.15) is 37.7 Å². The van der Waals surface area contributed by atoms with E-state index in [4.69, 9.17) is 19.6 Å². The molecule has 1 aliphatic heterocycles. The van der Waals surface area contributed by atoms with E-state index in [1.807, 2.05) is 35.2 Å². The molecule has 6 nitrogen and oxygen atoms in total. The van der Waals surface area contributed by atoms with Crippen molar-refractivity contribution in [3.63, 3.8) is 0 Å². The first-order chi connectivity index (χ1) is 14.9. The van der Waals surface area contributed by atoms with Crippen LogP contribution in [0, 0.1) is 0 Å². The van der Waals surface area contributed by atoms with Gasteiger partial charge in [0.05, 0.1) is 18.0 Å². The lowest BCUT2D eigenvalue weighted by atomic mass is 9.96. The number of nitrogens with zero attached hydrogens (tertiary/aromatic N) is 4. The van der Waals surface area contributed by atoms with E-state index >= 15 is 0 Å². The summed E-state index contributed by atoms with van der Waals surface area (Å²) in [5, 5.41) is 6.91. The molecular weight excluding hydrogens is 396 g/mol. The average Bonchev–Trinajstić information content (AvgIpc) is 3.21. The molecule has 0 N–H and O–H groups in total. The van der Waals surface area contributed by atoms with Crippen molar-refractivity contribution in [2.75, 3.05) is 13.2 Å². The van der Waals surface area contributed by atoms with Crippen molar-refractivity contribution in [3.8, 4) is 22.8 Å². The largest absolute Gasteiger partial charge is 0.486 e. The first-order valence-corrected chi connectivity index (χ1v) is 11.3. The topological polar surface area (TPSA) is 61.0 Å². The molecule has 2 aromatic heterocycles. The predicted octanol–water partition coefficient (Wildman–Crippen LogP) is 4.50. The number of thiazole rings is 1. The summed E-state index contributed by atoms with van der Waals surface area (Å²) in [5.74, 6) is 1.57. The summed E-state index contributed by atoms with van der Waals surface area (Å²) < 4.78 is 13.4. The van der Waals surface area contributed by atoms with Crippen LogP contribution in [0.3, 0.4) is 0 Å². The van der Waals surface area contributed by atoms with Gasteiger partial charge >= 0.3 is 0 Å². The summed E-state index contributed by atoms with van der Waals surface area (Å²) in [5.41, 5.74) is 2.98. The lowest BCUT2D eigenvalue weighted by molar-refractivity contribution is 0.171. The van der Waals surface area contributed by atoms with Gasteiger partial charge in [-0.3, -0.25) is 9.98 Å². The third kappa shape index (κ3) is 4.16. The molecule has 0 atom stereocenters. The van der Waals surface area contributed by atoms with Crippen molar-refractivity contribution in [1.82, 2.24) is 9.66 Å². The Labute approximate surface area is 179 Å². The molecule has 3 aromatic rings. The van der Waals surface area contributed by atoms with Crippen LogP contribution < -0.4 is 14.3 Å². The zero-order chi connectivity index (χ0) is 20.2. The number of hydrogen-bond acceptors (Lipinski definition) is 6. The summed E-state index contributed by atoms with van der Waals surface area (Å²) in [6, 6.07) is 10.3. The lowest BCUT2D eigenvalue weighted by Crippen LogP contribution is -2.19. The zero-order valence-corrected chi connectivity index (χ0v) is 17.6. The fourth-order valence-electron chi connectivity index (χ4n) is 3.84. The molecule has 0 saturated heterocycles. The third-order valence-electron chi connectivity index (χ3n) is 5.40. The van der Waals surface area contributed by atoms with Crippen molar-refractivity contribution in [2.45, 2.75) is 38.1 Å². The molecular formula is C23H24N4O2S. The second kappa shape index (κ2) is 8.83. The molecule has 1 aromatic carbocycles. The number of fused-ring (bicyclic) bond motifs is 1. The average molecular weight is 421 g/mol. The molecule has 1 saturated carbocycles. The first kappa shape index (κ1) is 19.1. The van der Waals surface area contributed by atoms with Crippen LogP contribution in [0.4, 0.5) is 0 Å². The molecule has 3 heterocycles. The fraction of sp³-hybridized carbons (Fsp3) is 0.348. The standard InChI is InChI=1S/C23H24N4O2S/c1-2-6-19(7-3-1)26-23-27(25-15-17-5-4-10-24-14-17)20(16-30-23)18-8-9-21-22(13-18)29-12-11-28-21/h4-5,8-10,13-16,19H,1-3,6-7,11-12H2/b25-15+,26-23?. The van der Waals surface area contributed by atoms with Crippen LogP contribution in [0.15, 0.2) is 58.2 Å². The van der Waals surface area contributed by atoms with Crippen LogP contribution in [0.25, 0.3) is 11.3 Å². The second-order valence-corrected chi connectivity index (χ2v) is 8.36. The summed E-state index contributed by atoms with van der Waals surface area (Å²) in [6.45, 7) is 1.16. The Morgan fingerprint density at radius 1 is 1.07 bits per heavy atom. The highest BCUT2D eigenvalue weighted by Gasteiger charge is 2.16. The maximum absolute atomic E-state index is 5.78. The van der Waals surface area contributed by atoms with E-state index < -0.39 is 0 Å². The highest BCUT2D eigenvalue weighted by molar-refractivity contribution is 7.07. The molecule has 0 radical (unpaired) electrons. The minimum atomic E-state index is 0.380. The molecule has 154 valence electrons. The van der Waals surface area contributed by atoms with E-state index in [2.05, 4.69) is 16.4 Å². The van der Waals surface area contributed by atoms with E-state index in [-0.39, 0.29) is 0 Å². The normalized spacial score (nSPS) is 17.5. The molecule has 0 unspecified atom stereocenters. The summed E-state index contributed by atoms with van der Waals surface area (Å²) >= 11 is 1.63. The molecule has 0 bridgehead atoms. The molecule has 0 amide bonds. The van der Waals surface area contributed by atoms with Gasteiger partial charge in [-0.05, 0) is 37.1 Å². The Bertz CT molecular complexity index is 1100. The molecule has 1 fully saturated rings. The van der Waals surface area contributed by atoms with Gasteiger partial charge in [-0.2, -0.15) is 5.10 Å². The van der Waals surface area contributed by atoms with Crippen molar-refractivity contribution < 1.29 is 9.47 Å². The molecule has 0 spiro atoms. The Hall–Kier alpha value is -2.93. The SMILES string of the molecule is C(=N\n1c(-c2ccc3c(c2)OCCO3)csc1=NC1CCCCC1)/c1cccnc1. The Balaban J connectivity index is 1.56. The number of pyridine rings is 1. The van der Waals surface area contributed by atoms with Gasteiger partial charge in [0.15, 0.2) is 11.5 Å². The minimum Gasteiger partial charge on any atom is -0.486 e. The van der Waals surface area contributed by atoms with Crippen LogP contribution in [0.2, 0.25) is 0 Å². The number of ether oxygens (including phenoxy) is 2. The van der Waals surface area contributed by atoms with E-state index in [1.54, 1.807) is 23.7 Å². The molecule has 5 rings (SSSR count). The smallest absolute Gasteiger partial charge is 0.206 e. The van der Waals surface area contributed by atoms with Gasteiger partial charge in [0.1, 0.15) is 13.2 Å². The minimum absolute atomic E-state index is 0.380. The van der Waals surface area contributed by atoms with E-state index in [1.165, 1.54) is 19.3 Å². The van der Waals surface area contributed by atoms with Gasteiger partial charge in [0.25, 0.3) is 0 Å². The van der Waals surface area contributed by atoms with Crippen LogP contribution >= 0.6 is 11.3 Å². The van der Waals surface area contributed by atoms with E-state index in [9.17, 15) is 0 Å². The summed E-state index contributed by atoms with van der Waals surface area (Å²) in [6.07, 6.45) is 11.5. The Morgan fingerprint density at radius 2 is 1.93 bits per heavy atom. The highest BCUT2D eigenvalue weighted by Crippen LogP contribution is 2.34. The molecule has 2 aliphatic rings. The third-order valence-corrected chi connectivity index (χ3v) is 6.23. The van der Waals surface area contributed by atoms with Crippen molar-refractivity contribution in [2.24, 2.45) is 10.1 Å². The van der Waals surface area contributed by atoms with Gasteiger partial charge in [-0.25, -0.2) is 4.68 Å². The number of hydrogen-bond donors (Lipinski definition) is 0. The zero-order valence-electron chi connectivity index (χ0n) is 16.7. The van der Waals surface area contributed by atoms with Crippen LogP contribution in [-0.2, 0) is 0 Å². The molecule has 1 aliphatic carbocycles. The van der Waals surface area contributed by atoms with Gasteiger partial charge in [0, 0.05) is 28.9 Å². The number of benzene rings is 1. The van der Waals surface area contributed by atoms with Gasteiger partial charge < -0.3 is 9.47 Å². The van der Waals surface area contributed by atoms with E-state index in [0.717, 1.165) is 46.0 Å². The van der Waals surface area contributed by atoms with E-state index in [0.29, 0.717) is 19.3 Å². The van der Waals surface area contributed by atoms with Crippen molar-refractivity contribution in [1.29, 1.82) is 0 Å². The molecule has 7 heteroatoms. The highest BCUT2D eigenvalue weighted by atomic mass is 32.1. The fourth-order valence-corrected chi connectivity index (χ4v) is 4.75.